The summed E-state index contributed by atoms with van der Waals surface area (Å²) in [7, 11) is -2.84. The second kappa shape index (κ2) is 5.75. The summed E-state index contributed by atoms with van der Waals surface area (Å²) in [5.41, 5.74) is 5.63. The number of hydrogen-bond acceptors (Lipinski definition) is 3. The van der Waals surface area contributed by atoms with Gasteiger partial charge in [0.1, 0.15) is 11.6 Å². The van der Waals surface area contributed by atoms with Crippen molar-refractivity contribution >= 4 is 10.0 Å². The van der Waals surface area contributed by atoms with Gasteiger partial charge in [0.25, 0.3) is 0 Å². The summed E-state index contributed by atoms with van der Waals surface area (Å²) >= 11 is 0. The second-order valence-electron chi connectivity index (χ2n) is 5.07. The van der Waals surface area contributed by atoms with Crippen molar-refractivity contribution in [1.82, 2.24) is 4.31 Å². The zero-order valence-corrected chi connectivity index (χ0v) is 12.0. The summed E-state index contributed by atoms with van der Waals surface area (Å²) in [6, 6.07) is 2.73. The van der Waals surface area contributed by atoms with Crippen LogP contribution in [0.15, 0.2) is 23.1 Å². The number of rotatable bonds is 4. The van der Waals surface area contributed by atoms with Crippen LogP contribution in [0.1, 0.15) is 19.3 Å². The number of halogens is 2. The van der Waals surface area contributed by atoms with E-state index in [0.29, 0.717) is 13.0 Å². The first kappa shape index (κ1) is 15.3. The highest BCUT2D eigenvalue weighted by Crippen LogP contribution is 2.32. The van der Waals surface area contributed by atoms with Crippen LogP contribution in [0.5, 0.6) is 0 Å². The molecule has 0 aliphatic heterocycles. The Morgan fingerprint density at radius 2 is 1.90 bits per heavy atom. The van der Waals surface area contributed by atoms with Gasteiger partial charge in [-0.1, -0.05) is 12.5 Å². The van der Waals surface area contributed by atoms with Crippen molar-refractivity contribution in [1.29, 1.82) is 0 Å². The molecule has 2 unspecified atom stereocenters. The molecule has 0 saturated heterocycles. The van der Waals surface area contributed by atoms with Crippen LogP contribution in [0.3, 0.4) is 0 Å². The minimum atomic E-state index is -4.20. The molecule has 1 fully saturated rings. The fourth-order valence-corrected chi connectivity index (χ4v) is 4.37. The topological polar surface area (TPSA) is 63.4 Å². The van der Waals surface area contributed by atoms with E-state index in [-0.39, 0.29) is 12.0 Å². The third kappa shape index (κ3) is 2.57. The van der Waals surface area contributed by atoms with Crippen LogP contribution in [0.25, 0.3) is 0 Å². The monoisotopic (exact) mass is 304 g/mol. The maximum Gasteiger partial charge on any atom is 0.248 e. The molecule has 7 heteroatoms. The molecule has 0 radical (unpaired) electrons. The minimum Gasteiger partial charge on any atom is -0.330 e. The number of sulfonamides is 1. The summed E-state index contributed by atoms with van der Waals surface area (Å²) in [5.74, 6) is -2.11. The first-order chi connectivity index (χ1) is 9.39. The molecule has 2 rings (SSSR count). The fourth-order valence-electron chi connectivity index (χ4n) is 2.82. The van der Waals surface area contributed by atoms with Gasteiger partial charge in [-0.15, -0.1) is 0 Å². The van der Waals surface area contributed by atoms with E-state index in [1.807, 2.05) is 0 Å². The van der Waals surface area contributed by atoms with Crippen molar-refractivity contribution in [2.24, 2.45) is 11.7 Å². The molecule has 4 nitrogen and oxygen atoms in total. The lowest BCUT2D eigenvalue weighted by Crippen LogP contribution is -2.42. The minimum absolute atomic E-state index is 0.0320. The van der Waals surface area contributed by atoms with E-state index in [0.717, 1.165) is 35.3 Å². The third-order valence-electron chi connectivity index (χ3n) is 3.94. The van der Waals surface area contributed by atoms with Gasteiger partial charge >= 0.3 is 0 Å². The molecule has 0 heterocycles. The highest BCUT2D eigenvalue weighted by molar-refractivity contribution is 7.89. The van der Waals surface area contributed by atoms with Gasteiger partial charge in [0.15, 0.2) is 4.90 Å². The fraction of sp³-hybridized carbons (Fsp3) is 0.538. The second-order valence-corrected chi connectivity index (χ2v) is 7.00. The largest absolute Gasteiger partial charge is 0.330 e. The summed E-state index contributed by atoms with van der Waals surface area (Å²) < 4.78 is 53.3. The first-order valence-corrected chi connectivity index (χ1v) is 7.95. The SMILES string of the molecule is CN(C1CCCC1CN)S(=O)(=O)c1c(F)cccc1F. The highest BCUT2D eigenvalue weighted by Gasteiger charge is 2.38. The van der Waals surface area contributed by atoms with Crippen molar-refractivity contribution in [3.8, 4) is 0 Å². The van der Waals surface area contributed by atoms with Crippen LogP contribution in [-0.2, 0) is 10.0 Å². The van der Waals surface area contributed by atoms with E-state index < -0.39 is 26.6 Å². The van der Waals surface area contributed by atoms with Crippen LogP contribution in [0, 0.1) is 17.6 Å². The van der Waals surface area contributed by atoms with Crippen molar-refractivity contribution in [2.75, 3.05) is 13.6 Å². The van der Waals surface area contributed by atoms with Crippen LogP contribution in [-0.4, -0.2) is 32.4 Å². The van der Waals surface area contributed by atoms with Gasteiger partial charge in [0.05, 0.1) is 0 Å². The van der Waals surface area contributed by atoms with E-state index >= 15 is 0 Å². The van der Waals surface area contributed by atoms with Crippen LogP contribution < -0.4 is 5.73 Å². The maximum absolute atomic E-state index is 13.7. The molecule has 2 atom stereocenters. The Balaban J connectivity index is 2.40. The molecule has 112 valence electrons. The smallest absolute Gasteiger partial charge is 0.248 e. The molecule has 0 spiro atoms. The molecule has 2 N–H and O–H groups in total. The summed E-state index contributed by atoms with van der Waals surface area (Å²) in [6.07, 6.45) is 2.36. The van der Waals surface area contributed by atoms with Crippen LogP contribution >= 0.6 is 0 Å². The zero-order chi connectivity index (χ0) is 14.9. The summed E-state index contributed by atoms with van der Waals surface area (Å²) in [4.78, 5) is -0.884. The quantitative estimate of drug-likeness (QED) is 0.921. The molecule has 20 heavy (non-hydrogen) atoms. The van der Waals surface area contributed by atoms with Gasteiger partial charge in [-0.25, -0.2) is 17.2 Å². The molecule has 1 aromatic rings. The Bertz CT molecular complexity index is 572. The lowest BCUT2D eigenvalue weighted by Gasteiger charge is -2.28. The molecular formula is C13H18F2N2O2S. The normalized spacial score (nSPS) is 23.4. The predicted molar refractivity (Wildman–Crippen MR) is 71.5 cm³/mol. The number of hydrogen-bond donors (Lipinski definition) is 1. The number of nitrogens with two attached hydrogens (primary N) is 1. The lowest BCUT2D eigenvalue weighted by molar-refractivity contribution is 0.302. The number of benzene rings is 1. The summed E-state index contributed by atoms with van der Waals surface area (Å²) in [6.45, 7) is 0.365. The van der Waals surface area contributed by atoms with Crippen LogP contribution in [0.4, 0.5) is 8.78 Å². The molecule has 1 saturated carbocycles. The molecule has 0 bridgehead atoms. The molecule has 1 aliphatic rings. The van der Waals surface area contributed by atoms with Gasteiger partial charge < -0.3 is 5.73 Å². The average molecular weight is 304 g/mol. The molecule has 1 aromatic carbocycles. The molecule has 0 amide bonds. The van der Waals surface area contributed by atoms with E-state index in [4.69, 9.17) is 5.73 Å². The third-order valence-corrected chi connectivity index (χ3v) is 5.88. The maximum atomic E-state index is 13.7. The standard InChI is InChI=1S/C13H18F2N2O2S/c1-17(12-7-2-4-9(12)8-16)20(18,19)13-10(14)5-3-6-11(13)15/h3,5-6,9,12H,2,4,7-8,16H2,1H3. The van der Waals surface area contributed by atoms with Gasteiger partial charge in [0.2, 0.25) is 10.0 Å². The van der Waals surface area contributed by atoms with E-state index in [1.165, 1.54) is 7.05 Å². The molecular weight excluding hydrogens is 286 g/mol. The predicted octanol–water partition coefficient (Wildman–Crippen LogP) is 1.71. The molecule has 1 aliphatic carbocycles. The zero-order valence-electron chi connectivity index (χ0n) is 11.2. The lowest BCUT2D eigenvalue weighted by atomic mass is 10.0. The highest BCUT2D eigenvalue weighted by atomic mass is 32.2. The number of nitrogens with zero attached hydrogens (tertiary/aromatic N) is 1. The van der Waals surface area contributed by atoms with Crippen molar-refractivity contribution in [2.45, 2.75) is 30.2 Å². The van der Waals surface area contributed by atoms with Gasteiger partial charge in [-0.3, -0.25) is 0 Å². The Labute approximate surface area is 117 Å². The Morgan fingerprint density at radius 3 is 2.45 bits per heavy atom. The Kier molecular flexibility index (Phi) is 4.41. The van der Waals surface area contributed by atoms with Crippen molar-refractivity contribution < 1.29 is 17.2 Å². The average Bonchev–Trinajstić information content (AvgIpc) is 2.85. The van der Waals surface area contributed by atoms with E-state index in [1.54, 1.807) is 0 Å². The van der Waals surface area contributed by atoms with E-state index in [9.17, 15) is 17.2 Å². The Hall–Kier alpha value is -1.05. The first-order valence-electron chi connectivity index (χ1n) is 6.51. The van der Waals surface area contributed by atoms with E-state index in [2.05, 4.69) is 0 Å². The van der Waals surface area contributed by atoms with Gasteiger partial charge in [0, 0.05) is 13.1 Å². The van der Waals surface area contributed by atoms with Crippen LogP contribution in [0.2, 0.25) is 0 Å². The summed E-state index contributed by atoms with van der Waals surface area (Å²) in [5, 5.41) is 0. The van der Waals surface area contributed by atoms with Crippen molar-refractivity contribution in [3.05, 3.63) is 29.8 Å². The van der Waals surface area contributed by atoms with Crippen molar-refractivity contribution in [3.63, 3.8) is 0 Å². The Morgan fingerprint density at radius 1 is 1.30 bits per heavy atom. The molecule has 0 aromatic heterocycles. The van der Waals surface area contributed by atoms with Gasteiger partial charge in [-0.05, 0) is 37.4 Å². The van der Waals surface area contributed by atoms with Gasteiger partial charge in [-0.2, -0.15) is 4.31 Å².